The fourth-order valence-electron chi connectivity index (χ4n) is 2.46. The summed E-state index contributed by atoms with van der Waals surface area (Å²) in [6.07, 6.45) is 2.34. The second kappa shape index (κ2) is 7.58. The number of unbranched alkanes of at least 4 members (excludes halogenated alkanes) is 1. The lowest BCUT2D eigenvalue weighted by atomic mass is 10.0. The molecule has 0 aromatic heterocycles. The van der Waals surface area contributed by atoms with Gasteiger partial charge in [-0.25, -0.2) is 0 Å². The molecule has 0 saturated carbocycles. The van der Waals surface area contributed by atoms with Gasteiger partial charge in [0.15, 0.2) is 34.5 Å². The Morgan fingerprint density at radius 3 is 1.68 bits per heavy atom. The number of fused-ring (bicyclic) bond motifs is 2. The molecule has 0 atom stereocenters. The molecule has 2 N–H and O–H groups in total. The van der Waals surface area contributed by atoms with Crippen molar-refractivity contribution in [3.05, 3.63) is 27.9 Å². The molecule has 25 heavy (non-hydrogen) atoms. The monoisotopic (exact) mass is 662 g/mol. The predicted molar refractivity (Wildman–Crippen MR) is 113 cm³/mol. The Balaban J connectivity index is 2.25. The third kappa shape index (κ3) is 3.24. The van der Waals surface area contributed by atoms with E-state index in [0.717, 1.165) is 21.8 Å². The topological polar surface area (TPSA) is 58.9 Å². The molecule has 0 radical (unpaired) electrons. The first-order valence-corrected chi connectivity index (χ1v) is 11.2. The third-order valence-electron chi connectivity index (χ3n) is 3.77. The van der Waals surface area contributed by atoms with Gasteiger partial charge in [0.1, 0.15) is 4.47 Å². The molecule has 1 aliphatic heterocycles. The lowest BCUT2D eigenvalue weighted by Crippen LogP contribution is -2.05. The van der Waals surface area contributed by atoms with E-state index in [1.165, 1.54) is 0 Å². The second-order valence-corrected chi connectivity index (χ2v) is 9.33. The molecule has 1 aliphatic rings. The molecule has 4 nitrogen and oxygen atoms in total. The molecular formula is C16H11Br5O4. The van der Waals surface area contributed by atoms with Gasteiger partial charge in [0.25, 0.3) is 0 Å². The minimum atomic E-state index is -0.261. The van der Waals surface area contributed by atoms with Gasteiger partial charge in [-0.15, -0.1) is 0 Å². The van der Waals surface area contributed by atoms with Crippen molar-refractivity contribution in [1.29, 1.82) is 0 Å². The summed E-state index contributed by atoms with van der Waals surface area (Å²) in [6.45, 7) is 2.05. The van der Waals surface area contributed by atoms with Gasteiger partial charge in [-0.05, 0) is 92.5 Å². The van der Waals surface area contributed by atoms with Crippen LogP contribution in [-0.4, -0.2) is 10.2 Å². The Morgan fingerprint density at radius 1 is 0.680 bits per heavy atom. The van der Waals surface area contributed by atoms with Gasteiger partial charge in [-0.2, -0.15) is 0 Å². The van der Waals surface area contributed by atoms with Crippen LogP contribution in [-0.2, 0) is 6.42 Å². The van der Waals surface area contributed by atoms with Crippen molar-refractivity contribution in [3.8, 4) is 34.5 Å². The first kappa shape index (κ1) is 19.8. The molecule has 2 aromatic rings. The molecular weight excluding hydrogens is 656 g/mol. The van der Waals surface area contributed by atoms with Gasteiger partial charge in [-0.1, -0.05) is 13.3 Å². The largest absolute Gasteiger partial charge is 0.504 e. The van der Waals surface area contributed by atoms with Crippen LogP contribution in [0.5, 0.6) is 34.5 Å². The number of hydrogen-bond acceptors (Lipinski definition) is 4. The SMILES string of the molecule is CCCCc1c(O)c(O)c(Br)c2c1Oc1c(Br)c(Br)c(Br)c(Br)c1O2. The van der Waals surface area contributed by atoms with E-state index in [2.05, 4.69) is 86.6 Å². The fraction of sp³-hybridized carbons (Fsp3) is 0.250. The summed E-state index contributed by atoms with van der Waals surface area (Å²) >= 11 is 17.3. The zero-order valence-electron chi connectivity index (χ0n) is 12.7. The normalized spacial score (nSPS) is 12.2. The number of ether oxygens (including phenoxy) is 2. The van der Waals surface area contributed by atoms with Crippen LogP contribution in [0.2, 0.25) is 0 Å². The van der Waals surface area contributed by atoms with Crippen molar-refractivity contribution in [2.75, 3.05) is 0 Å². The van der Waals surface area contributed by atoms with E-state index in [0.29, 0.717) is 43.9 Å². The molecule has 3 rings (SSSR count). The Bertz CT molecular complexity index is 882. The Morgan fingerprint density at radius 2 is 1.16 bits per heavy atom. The van der Waals surface area contributed by atoms with Crippen LogP contribution >= 0.6 is 79.6 Å². The van der Waals surface area contributed by atoms with Gasteiger partial charge in [-0.3, -0.25) is 0 Å². The maximum atomic E-state index is 10.4. The van der Waals surface area contributed by atoms with Crippen LogP contribution < -0.4 is 9.47 Å². The van der Waals surface area contributed by atoms with E-state index in [1.54, 1.807) is 0 Å². The first-order chi connectivity index (χ1) is 11.8. The van der Waals surface area contributed by atoms with Crippen molar-refractivity contribution in [3.63, 3.8) is 0 Å². The molecule has 0 unspecified atom stereocenters. The van der Waals surface area contributed by atoms with E-state index >= 15 is 0 Å². The Kier molecular flexibility index (Phi) is 6.00. The minimum Gasteiger partial charge on any atom is -0.504 e. The summed E-state index contributed by atoms with van der Waals surface area (Å²) in [6, 6.07) is 0. The highest BCUT2D eigenvalue weighted by Crippen LogP contribution is 2.61. The predicted octanol–water partition coefficient (Wildman–Crippen LogP) is 8.15. The van der Waals surface area contributed by atoms with Gasteiger partial charge < -0.3 is 19.7 Å². The van der Waals surface area contributed by atoms with E-state index in [1.807, 2.05) is 0 Å². The van der Waals surface area contributed by atoms with Gasteiger partial charge >= 0.3 is 0 Å². The molecule has 0 saturated heterocycles. The number of rotatable bonds is 3. The van der Waals surface area contributed by atoms with Crippen LogP contribution in [0.1, 0.15) is 25.3 Å². The molecule has 0 spiro atoms. The third-order valence-corrected chi connectivity index (χ3v) is 9.20. The van der Waals surface area contributed by atoms with Crippen molar-refractivity contribution in [1.82, 2.24) is 0 Å². The fourth-order valence-corrected chi connectivity index (χ4v) is 5.12. The van der Waals surface area contributed by atoms with Crippen molar-refractivity contribution < 1.29 is 19.7 Å². The lowest BCUT2D eigenvalue weighted by Gasteiger charge is -2.27. The Hall–Kier alpha value is 0.0400. The first-order valence-electron chi connectivity index (χ1n) is 7.27. The zero-order chi connectivity index (χ0) is 18.5. The number of benzene rings is 2. The number of hydrogen-bond donors (Lipinski definition) is 2. The molecule has 134 valence electrons. The molecule has 0 aliphatic carbocycles. The highest BCUT2D eigenvalue weighted by molar-refractivity contribution is 9.15. The average molecular weight is 667 g/mol. The van der Waals surface area contributed by atoms with E-state index < -0.39 is 0 Å². The van der Waals surface area contributed by atoms with Crippen LogP contribution in [0.15, 0.2) is 22.4 Å². The summed E-state index contributed by atoms with van der Waals surface area (Å²) < 4.78 is 15.3. The molecule has 9 heteroatoms. The standard InChI is InChI=1S/C16H11Br5O4/c1-2-3-4-5-11(22)12(23)10(21)16-13(5)24-14-8(19)6(17)7(18)9(20)15(14)25-16/h22-23H,2-4H2,1H3. The van der Waals surface area contributed by atoms with E-state index in [9.17, 15) is 10.2 Å². The summed E-state index contributed by atoms with van der Waals surface area (Å²) in [4.78, 5) is 0. The summed E-state index contributed by atoms with van der Waals surface area (Å²) in [5.74, 6) is 1.20. The molecule has 2 aromatic carbocycles. The number of halogens is 5. The second-order valence-electron chi connectivity index (χ2n) is 5.37. The van der Waals surface area contributed by atoms with Crippen molar-refractivity contribution in [2.24, 2.45) is 0 Å². The molecule has 0 amide bonds. The highest BCUT2D eigenvalue weighted by atomic mass is 79.9. The van der Waals surface area contributed by atoms with Gasteiger partial charge in [0.05, 0.1) is 17.9 Å². The highest BCUT2D eigenvalue weighted by Gasteiger charge is 2.34. The summed E-state index contributed by atoms with van der Waals surface area (Å²) in [7, 11) is 0. The van der Waals surface area contributed by atoms with Gasteiger partial charge in [0, 0.05) is 5.56 Å². The zero-order valence-corrected chi connectivity index (χ0v) is 20.7. The number of phenols is 2. The summed E-state index contributed by atoms with van der Waals surface area (Å²) in [5.41, 5.74) is 0.519. The smallest absolute Gasteiger partial charge is 0.188 e. The quantitative estimate of drug-likeness (QED) is 0.168. The average Bonchev–Trinajstić information content (AvgIpc) is 2.62. The minimum absolute atomic E-state index is 0.197. The number of aromatic hydroxyl groups is 2. The van der Waals surface area contributed by atoms with Gasteiger partial charge in [0.2, 0.25) is 0 Å². The lowest BCUT2D eigenvalue weighted by molar-refractivity contribution is 0.334. The van der Waals surface area contributed by atoms with Crippen molar-refractivity contribution >= 4 is 79.6 Å². The maximum absolute atomic E-state index is 10.4. The van der Waals surface area contributed by atoms with Crippen LogP contribution in [0.4, 0.5) is 0 Å². The molecule has 0 bridgehead atoms. The summed E-state index contributed by atoms with van der Waals surface area (Å²) in [5, 5.41) is 20.6. The van der Waals surface area contributed by atoms with E-state index in [4.69, 9.17) is 9.47 Å². The molecule has 0 fully saturated rings. The molecule has 1 heterocycles. The number of phenolic OH excluding ortho intramolecular Hbond substituents is 2. The van der Waals surface area contributed by atoms with Crippen LogP contribution in [0.25, 0.3) is 0 Å². The van der Waals surface area contributed by atoms with Crippen molar-refractivity contribution in [2.45, 2.75) is 26.2 Å². The maximum Gasteiger partial charge on any atom is 0.188 e. The van der Waals surface area contributed by atoms with Crippen LogP contribution in [0, 0.1) is 0 Å². The van der Waals surface area contributed by atoms with Crippen LogP contribution in [0.3, 0.4) is 0 Å². The Labute approximate surface area is 186 Å². The van der Waals surface area contributed by atoms with E-state index in [-0.39, 0.29) is 16.0 Å².